The Hall–Kier alpha value is -2.77. The molecule has 4 amide bonds. The topological polar surface area (TPSA) is 147 Å². The lowest BCUT2D eigenvalue weighted by Crippen LogP contribution is -2.55. The van der Waals surface area contributed by atoms with Crippen molar-refractivity contribution >= 4 is 29.6 Å². The summed E-state index contributed by atoms with van der Waals surface area (Å²) in [5.41, 5.74) is 0. The molecule has 2 N–H and O–H groups in total. The van der Waals surface area contributed by atoms with Gasteiger partial charge in [0, 0.05) is 27.8 Å². The summed E-state index contributed by atoms with van der Waals surface area (Å²) in [4.78, 5) is 69.3. The van der Waals surface area contributed by atoms with Crippen molar-refractivity contribution in [3.63, 3.8) is 0 Å². The molecule has 7 unspecified atom stereocenters. The van der Waals surface area contributed by atoms with Crippen molar-refractivity contribution in [1.82, 2.24) is 25.3 Å². The zero-order chi connectivity index (χ0) is 33.7. The summed E-state index contributed by atoms with van der Waals surface area (Å²) in [7, 11) is 9.63. The number of likely N-dealkylation sites (tertiary alicyclic amines) is 1. The third kappa shape index (κ3) is 10.7. The molecule has 1 rings (SSSR count). The summed E-state index contributed by atoms with van der Waals surface area (Å²) in [6.45, 7) is 9.74. The van der Waals surface area contributed by atoms with Gasteiger partial charge < -0.3 is 34.6 Å². The summed E-state index contributed by atoms with van der Waals surface area (Å²) < 4.78 is 16.2. The van der Waals surface area contributed by atoms with E-state index < -0.39 is 30.1 Å². The molecule has 0 aromatic carbocycles. The summed E-state index contributed by atoms with van der Waals surface area (Å²) in [5.74, 6) is -2.13. The van der Waals surface area contributed by atoms with Crippen LogP contribution in [0.4, 0.5) is 0 Å². The van der Waals surface area contributed by atoms with Gasteiger partial charge in [-0.1, -0.05) is 41.0 Å². The average molecular weight is 628 g/mol. The van der Waals surface area contributed by atoms with E-state index >= 15 is 0 Å². The maximum absolute atomic E-state index is 13.8. The fourth-order valence-corrected chi connectivity index (χ4v) is 6.24. The van der Waals surface area contributed by atoms with E-state index in [-0.39, 0.29) is 67.1 Å². The first-order chi connectivity index (χ1) is 20.7. The number of rotatable bonds is 18. The van der Waals surface area contributed by atoms with E-state index in [4.69, 9.17) is 9.47 Å². The van der Waals surface area contributed by atoms with Crippen LogP contribution < -0.4 is 10.6 Å². The van der Waals surface area contributed by atoms with Gasteiger partial charge in [-0.15, -0.1) is 0 Å². The third-order valence-corrected chi connectivity index (χ3v) is 8.81. The van der Waals surface area contributed by atoms with Gasteiger partial charge in [-0.2, -0.15) is 0 Å². The second kappa shape index (κ2) is 18.9. The summed E-state index contributed by atoms with van der Waals surface area (Å²) >= 11 is 0. The number of hydrogen-bond acceptors (Lipinski definition) is 9. The van der Waals surface area contributed by atoms with Crippen molar-refractivity contribution in [2.24, 2.45) is 17.8 Å². The second-order valence-corrected chi connectivity index (χ2v) is 12.3. The molecule has 0 aromatic heterocycles. The van der Waals surface area contributed by atoms with Crippen LogP contribution in [0.3, 0.4) is 0 Å². The zero-order valence-electron chi connectivity index (χ0n) is 28.7. The average Bonchev–Trinajstić information content (AvgIpc) is 3.47. The molecule has 44 heavy (non-hydrogen) atoms. The van der Waals surface area contributed by atoms with Crippen molar-refractivity contribution in [3.05, 3.63) is 0 Å². The van der Waals surface area contributed by atoms with Crippen molar-refractivity contribution in [1.29, 1.82) is 0 Å². The molecule has 0 radical (unpaired) electrons. The number of ether oxygens (including phenoxy) is 3. The molecule has 254 valence electrons. The van der Waals surface area contributed by atoms with Gasteiger partial charge in [-0.25, -0.2) is 0 Å². The first-order valence-corrected chi connectivity index (χ1v) is 15.6. The molecule has 7 atom stereocenters. The van der Waals surface area contributed by atoms with E-state index in [2.05, 4.69) is 15.4 Å². The number of carbonyl (C=O) groups excluding carboxylic acids is 5. The minimum Gasteiger partial charge on any atom is -0.468 e. The first kappa shape index (κ1) is 39.3. The van der Waals surface area contributed by atoms with Gasteiger partial charge in [-0.05, 0) is 38.8 Å². The van der Waals surface area contributed by atoms with E-state index in [0.717, 1.165) is 12.8 Å². The molecule has 1 fully saturated rings. The molecule has 1 saturated heterocycles. The SMILES string of the molecule is CCC(C)C(C(CC(=O)N1CCCC1C(OC)C(C)C(=O)NCC(=O)OC)OC)N(C)C(=O)CNC(=O)C(C(C)C)N(C)C. The van der Waals surface area contributed by atoms with Crippen LogP contribution in [-0.4, -0.2) is 137 Å². The highest BCUT2D eigenvalue weighted by Gasteiger charge is 2.42. The van der Waals surface area contributed by atoms with E-state index in [0.29, 0.717) is 13.0 Å². The van der Waals surface area contributed by atoms with Crippen LogP contribution in [0.2, 0.25) is 0 Å². The number of hydrogen-bond donors (Lipinski definition) is 2. The number of amides is 4. The van der Waals surface area contributed by atoms with Gasteiger partial charge in [0.15, 0.2) is 0 Å². The summed E-state index contributed by atoms with van der Waals surface area (Å²) in [6, 6.07) is -1.13. The number of carbonyl (C=O) groups is 5. The van der Waals surface area contributed by atoms with Crippen molar-refractivity contribution in [2.45, 2.75) is 90.6 Å². The predicted octanol–water partition coefficient (Wildman–Crippen LogP) is 0.898. The minimum atomic E-state index is -0.629. The van der Waals surface area contributed by atoms with Gasteiger partial charge in [0.2, 0.25) is 23.6 Å². The molecule has 0 bridgehead atoms. The van der Waals surface area contributed by atoms with Gasteiger partial charge in [0.05, 0.1) is 56.3 Å². The molecule has 0 spiro atoms. The molecular formula is C31H57N5O8. The Balaban J connectivity index is 3.05. The molecule has 1 aliphatic heterocycles. The predicted molar refractivity (Wildman–Crippen MR) is 166 cm³/mol. The zero-order valence-corrected chi connectivity index (χ0v) is 28.7. The highest BCUT2D eigenvalue weighted by molar-refractivity contribution is 5.88. The largest absolute Gasteiger partial charge is 0.468 e. The van der Waals surface area contributed by atoms with Crippen LogP contribution in [0.5, 0.6) is 0 Å². The lowest BCUT2D eigenvalue weighted by Gasteiger charge is -2.39. The fraction of sp³-hybridized carbons (Fsp3) is 0.839. The summed E-state index contributed by atoms with van der Waals surface area (Å²) in [6.07, 6.45) is 0.997. The molecule has 1 heterocycles. The number of methoxy groups -OCH3 is 3. The Morgan fingerprint density at radius 2 is 1.52 bits per heavy atom. The Morgan fingerprint density at radius 3 is 2.02 bits per heavy atom. The van der Waals surface area contributed by atoms with Crippen LogP contribution >= 0.6 is 0 Å². The molecule has 0 aliphatic carbocycles. The maximum Gasteiger partial charge on any atom is 0.325 e. The Bertz CT molecular complexity index is 953. The first-order valence-electron chi connectivity index (χ1n) is 15.6. The van der Waals surface area contributed by atoms with Crippen LogP contribution in [-0.2, 0) is 38.2 Å². The smallest absolute Gasteiger partial charge is 0.325 e. The number of nitrogens with one attached hydrogen (secondary N) is 2. The van der Waals surface area contributed by atoms with E-state index in [1.54, 1.807) is 23.8 Å². The lowest BCUT2D eigenvalue weighted by molar-refractivity contribution is -0.146. The standard InChI is InChI=1S/C31H57N5O8/c1-12-20(4)28(35(8)25(38)17-32-31(41)27(19(2)3)34(6)7)23(42-9)16-24(37)36-15-13-14-22(36)29(44-11)21(5)30(40)33-18-26(39)43-10/h19-23,27-29H,12-18H2,1-11H3,(H,32,41)(H,33,40). The quantitative estimate of drug-likeness (QED) is 0.212. The number of nitrogens with zero attached hydrogens (tertiary/aromatic N) is 3. The highest BCUT2D eigenvalue weighted by Crippen LogP contribution is 2.29. The van der Waals surface area contributed by atoms with Crippen molar-refractivity contribution in [2.75, 3.05) is 62.1 Å². The Morgan fingerprint density at radius 1 is 0.909 bits per heavy atom. The van der Waals surface area contributed by atoms with Crippen molar-refractivity contribution in [3.8, 4) is 0 Å². The van der Waals surface area contributed by atoms with E-state index in [1.807, 2.05) is 46.7 Å². The summed E-state index contributed by atoms with van der Waals surface area (Å²) in [5, 5.41) is 5.35. The van der Waals surface area contributed by atoms with Crippen LogP contribution in [0, 0.1) is 17.8 Å². The van der Waals surface area contributed by atoms with Gasteiger partial charge in [-0.3, -0.25) is 28.9 Å². The highest BCUT2D eigenvalue weighted by atomic mass is 16.5. The molecule has 1 aliphatic rings. The minimum absolute atomic E-state index is 0.00205. The third-order valence-electron chi connectivity index (χ3n) is 8.81. The van der Waals surface area contributed by atoms with Crippen LogP contribution in [0.25, 0.3) is 0 Å². The fourth-order valence-electron chi connectivity index (χ4n) is 6.24. The normalized spacial score (nSPS) is 19.1. The van der Waals surface area contributed by atoms with Crippen molar-refractivity contribution < 1.29 is 38.2 Å². The molecular weight excluding hydrogens is 570 g/mol. The molecule has 13 heteroatoms. The number of likely N-dealkylation sites (N-methyl/N-ethyl adjacent to an activating group) is 2. The monoisotopic (exact) mass is 627 g/mol. The Labute approximate surface area is 263 Å². The van der Waals surface area contributed by atoms with Crippen LogP contribution in [0.1, 0.15) is 60.3 Å². The number of esters is 1. The molecule has 13 nitrogen and oxygen atoms in total. The maximum atomic E-state index is 13.8. The van der Waals surface area contributed by atoms with Gasteiger partial charge in [0.25, 0.3) is 0 Å². The van der Waals surface area contributed by atoms with E-state index in [1.165, 1.54) is 21.3 Å². The Kier molecular flexibility index (Phi) is 16.9. The molecule has 0 saturated carbocycles. The second-order valence-electron chi connectivity index (χ2n) is 12.3. The van der Waals surface area contributed by atoms with Gasteiger partial charge >= 0.3 is 5.97 Å². The molecule has 0 aromatic rings. The lowest BCUT2D eigenvalue weighted by atomic mass is 9.90. The van der Waals surface area contributed by atoms with E-state index in [9.17, 15) is 24.0 Å². The van der Waals surface area contributed by atoms with Gasteiger partial charge in [0.1, 0.15) is 6.54 Å². The van der Waals surface area contributed by atoms with Crippen LogP contribution in [0.15, 0.2) is 0 Å².